The van der Waals surface area contributed by atoms with Crippen LogP contribution in [0, 0.1) is 11.8 Å². The highest BCUT2D eigenvalue weighted by Gasteiger charge is 2.34. The van der Waals surface area contributed by atoms with Gasteiger partial charge in [-0.1, -0.05) is 19.1 Å². The third-order valence-electron chi connectivity index (χ3n) is 8.67. The summed E-state index contributed by atoms with van der Waals surface area (Å²) < 4.78 is 11.6. The van der Waals surface area contributed by atoms with E-state index in [1.807, 2.05) is 44.2 Å². The summed E-state index contributed by atoms with van der Waals surface area (Å²) in [7, 11) is 0. The summed E-state index contributed by atoms with van der Waals surface area (Å²) in [5.74, 6) is 1.86. The Morgan fingerprint density at radius 2 is 1.79 bits per heavy atom. The van der Waals surface area contributed by atoms with Crippen LogP contribution in [-0.2, 0) is 17.8 Å². The number of rotatable bonds is 12. The van der Waals surface area contributed by atoms with Gasteiger partial charge in [0.1, 0.15) is 0 Å². The number of hydrogen-bond acceptors (Lipinski definition) is 8. The van der Waals surface area contributed by atoms with Crippen molar-refractivity contribution in [3.05, 3.63) is 53.2 Å². The van der Waals surface area contributed by atoms with Crippen LogP contribution in [0.25, 0.3) is 10.9 Å². The highest BCUT2D eigenvalue weighted by Crippen LogP contribution is 2.38. The van der Waals surface area contributed by atoms with E-state index < -0.39 is 5.91 Å². The molecule has 230 valence electrons. The maximum atomic E-state index is 13.2. The lowest BCUT2D eigenvalue weighted by Crippen LogP contribution is -2.40. The third-order valence-corrected chi connectivity index (χ3v) is 8.67. The molecule has 2 aliphatic rings. The molecule has 2 fully saturated rings. The monoisotopic (exact) mass is 588 g/mol. The van der Waals surface area contributed by atoms with Crippen LogP contribution in [0.5, 0.6) is 11.5 Å². The second kappa shape index (κ2) is 14.1. The van der Waals surface area contributed by atoms with Crippen molar-refractivity contribution in [2.75, 3.05) is 38.2 Å². The summed E-state index contributed by atoms with van der Waals surface area (Å²) in [5.41, 5.74) is 10.2. The normalized spacial score (nSPS) is 18.9. The molecular weight excluding hydrogens is 544 g/mol. The molecule has 1 unspecified atom stereocenters. The number of nitrogens with one attached hydrogen (secondary N) is 4. The highest BCUT2D eigenvalue weighted by atomic mass is 16.5. The molecule has 2 aliphatic heterocycles. The predicted octanol–water partition coefficient (Wildman–Crippen LogP) is 4.03. The van der Waals surface area contributed by atoms with Crippen molar-refractivity contribution in [2.45, 2.75) is 59.0 Å². The number of anilines is 2. The van der Waals surface area contributed by atoms with E-state index in [4.69, 9.17) is 15.2 Å². The zero-order chi connectivity index (χ0) is 30.3. The standard InChI is InChI=1S/C33H44N6O4/c1-4-23-21(17-38-33(41)28-14-22(18-36-28)20-10-12-35-13-11-20)8-7-9-26(23)39-31-24-15-29(42-5-2)30(43-6-3)16-27(24)37-19-25(31)32(34)40/h7-9,15-16,19-20,22,28,35-36H,4-6,10-14,17-18H2,1-3H3,(H2,34,40)(H,37,39)(H,38,41)/t22?,28-/m1/s1. The Hall–Kier alpha value is -3.89. The first kappa shape index (κ1) is 30.6. The lowest BCUT2D eigenvalue weighted by Gasteiger charge is -2.27. The first-order valence-electron chi connectivity index (χ1n) is 15.5. The Morgan fingerprint density at radius 3 is 2.49 bits per heavy atom. The number of benzene rings is 2. The Morgan fingerprint density at radius 1 is 1.05 bits per heavy atom. The maximum Gasteiger partial charge on any atom is 0.252 e. The van der Waals surface area contributed by atoms with E-state index in [0.29, 0.717) is 59.7 Å². The fourth-order valence-electron chi connectivity index (χ4n) is 6.47. The molecule has 1 aromatic heterocycles. The number of primary amides is 1. The molecule has 2 aromatic carbocycles. The number of aromatic nitrogens is 1. The minimum absolute atomic E-state index is 0.0431. The van der Waals surface area contributed by atoms with Crippen molar-refractivity contribution >= 4 is 34.1 Å². The first-order chi connectivity index (χ1) is 20.9. The molecule has 10 heteroatoms. The molecular formula is C33H44N6O4. The van der Waals surface area contributed by atoms with E-state index in [1.165, 1.54) is 19.0 Å². The molecule has 2 atom stereocenters. The molecule has 0 aliphatic carbocycles. The summed E-state index contributed by atoms with van der Waals surface area (Å²) in [4.78, 5) is 30.2. The van der Waals surface area contributed by atoms with E-state index in [9.17, 15) is 9.59 Å². The smallest absolute Gasteiger partial charge is 0.252 e. The van der Waals surface area contributed by atoms with E-state index in [1.54, 1.807) is 0 Å². The summed E-state index contributed by atoms with van der Waals surface area (Å²) in [5, 5.41) is 14.3. The Bertz CT molecular complexity index is 1460. The molecule has 0 saturated carbocycles. The van der Waals surface area contributed by atoms with E-state index in [0.717, 1.165) is 49.3 Å². The van der Waals surface area contributed by atoms with Gasteiger partial charge in [-0.25, -0.2) is 0 Å². The average molecular weight is 589 g/mol. The largest absolute Gasteiger partial charge is 0.490 e. The number of carbonyl (C=O) groups excluding carboxylic acids is 2. The van der Waals surface area contributed by atoms with Crippen LogP contribution in [0.2, 0.25) is 0 Å². The molecule has 2 saturated heterocycles. The zero-order valence-electron chi connectivity index (χ0n) is 25.4. The average Bonchev–Trinajstić information content (AvgIpc) is 3.52. The number of piperidine rings is 1. The molecule has 5 rings (SSSR count). The van der Waals surface area contributed by atoms with E-state index in [-0.39, 0.29) is 17.5 Å². The summed E-state index contributed by atoms with van der Waals surface area (Å²) in [6, 6.07) is 9.46. The fourth-order valence-corrected chi connectivity index (χ4v) is 6.47. The van der Waals surface area contributed by atoms with Gasteiger partial charge in [0.15, 0.2) is 11.5 Å². The van der Waals surface area contributed by atoms with Crippen LogP contribution in [0.3, 0.4) is 0 Å². The van der Waals surface area contributed by atoms with Gasteiger partial charge < -0.3 is 36.5 Å². The molecule has 0 spiro atoms. The highest BCUT2D eigenvalue weighted by molar-refractivity contribution is 6.08. The second-order valence-corrected chi connectivity index (χ2v) is 11.3. The molecule has 43 heavy (non-hydrogen) atoms. The van der Waals surface area contributed by atoms with Crippen LogP contribution in [-0.4, -0.2) is 55.7 Å². The topological polar surface area (TPSA) is 140 Å². The number of pyridine rings is 1. The first-order valence-corrected chi connectivity index (χ1v) is 15.5. The number of nitrogens with two attached hydrogens (primary N) is 1. The van der Waals surface area contributed by atoms with Crippen LogP contribution in [0.15, 0.2) is 36.5 Å². The molecule has 6 N–H and O–H groups in total. The van der Waals surface area contributed by atoms with Gasteiger partial charge in [0.2, 0.25) is 5.91 Å². The number of nitrogens with zero attached hydrogens (tertiary/aromatic N) is 1. The lowest BCUT2D eigenvalue weighted by molar-refractivity contribution is -0.123. The molecule has 10 nitrogen and oxygen atoms in total. The molecule has 0 bridgehead atoms. The predicted molar refractivity (Wildman–Crippen MR) is 169 cm³/mol. The van der Waals surface area contributed by atoms with Crippen molar-refractivity contribution in [3.63, 3.8) is 0 Å². The van der Waals surface area contributed by atoms with Crippen LogP contribution < -0.4 is 36.5 Å². The number of ether oxygens (including phenoxy) is 2. The van der Waals surface area contributed by atoms with Crippen molar-refractivity contribution in [1.82, 2.24) is 20.9 Å². The summed E-state index contributed by atoms with van der Waals surface area (Å²) in [6.45, 7) is 10.3. The van der Waals surface area contributed by atoms with Gasteiger partial charge in [-0.3, -0.25) is 14.6 Å². The van der Waals surface area contributed by atoms with Crippen molar-refractivity contribution in [1.29, 1.82) is 0 Å². The Kier molecular flexibility index (Phi) is 9.99. The summed E-state index contributed by atoms with van der Waals surface area (Å²) in [6.07, 6.45) is 5.47. The molecule has 3 heterocycles. The second-order valence-electron chi connectivity index (χ2n) is 11.3. The molecule has 0 radical (unpaired) electrons. The van der Waals surface area contributed by atoms with Gasteiger partial charge in [-0.15, -0.1) is 0 Å². The van der Waals surface area contributed by atoms with Crippen LogP contribution in [0.4, 0.5) is 11.4 Å². The third kappa shape index (κ3) is 6.86. The Labute approximate surface area is 253 Å². The quantitative estimate of drug-likeness (QED) is 0.214. The summed E-state index contributed by atoms with van der Waals surface area (Å²) >= 11 is 0. The fraction of sp³-hybridized carbons (Fsp3) is 0.485. The number of carbonyl (C=O) groups is 2. The van der Waals surface area contributed by atoms with Crippen molar-refractivity contribution in [2.24, 2.45) is 17.6 Å². The van der Waals surface area contributed by atoms with Gasteiger partial charge in [-0.2, -0.15) is 0 Å². The van der Waals surface area contributed by atoms with E-state index in [2.05, 4.69) is 33.2 Å². The van der Waals surface area contributed by atoms with Crippen molar-refractivity contribution in [3.8, 4) is 11.5 Å². The minimum atomic E-state index is -0.586. The van der Waals surface area contributed by atoms with Crippen LogP contribution in [0.1, 0.15) is 61.5 Å². The number of amides is 2. The number of hydrogen-bond donors (Lipinski definition) is 5. The minimum Gasteiger partial charge on any atom is -0.490 e. The Balaban J connectivity index is 1.38. The van der Waals surface area contributed by atoms with Gasteiger partial charge in [-0.05, 0) is 94.3 Å². The molecule has 3 aromatic rings. The zero-order valence-corrected chi connectivity index (χ0v) is 25.4. The lowest BCUT2D eigenvalue weighted by atomic mass is 9.83. The van der Waals surface area contributed by atoms with Gasteiger partial charge in [0.25, 0.3) is 5.91 Å². The van der Waals surface area contributed by atoms with Gasteiger partial charge in [0, 0.05) is 29.9 Å². The van der Waals surface area contributed by atoms with Crippen LogP contribution >= 0.6 is 0 Å². The van der Waals surface area contributed by atoms with Gasteiger partial charge in [0.05, 0.1) is 36.0 Å². The number of fused-ring (bicyclic) bond motifs is 1. The molecule has 2 amide bonds. The van der Waals surface area contributed by atoms with Gasteiger partial charge >= 0.3 is 0 Å². The maximum absolute atomic E-state index is 13.2. The SMILES string of the molecule is CCOc1cc2ncc(C(N)=O)c(Nc3cccc(CNC(=O)[C@H]4CC(C5CCNCC5)CN4)c3CC)c2cc1OCC. The van der Waals surface area contributed by atoms with Crippen molar-refractivity contribution < 1.29 is 19.1 Å². The van der Waals surface area contributed by atoms with E-state index >= 15 is 0 Å².